The number of pyridine rings is 1. The van der Waals surface area contributed by atoms with Crippen LogP contribution in [-0.4, -0.2) is 33.5 Å². The number of hydrogen-bond acceptors (Lipinski definition) is 5. The lowest BCUT2D eigenvalue weighted by molar-refractivity contribution is 0.0647. The Morgan fingerprint density at radius 2 is 1.76 bits per heavy atom. The number of rotatable bonds is 8. The van der Waals surface area contributed by atoms with Gasteiger partial charge in [-0.05, 0) is 87.4 Å². The van der Waals surface area contributed by atoms with Crippen LogP contribution in [0.25, 0.3) is 11.1 Å². The number of carbonyl (C=O) groups is 1. The molecule has 9 heteroatoms. The molecule has 0 atom stereocenters. The molecular formula is C29H33FN2O6. The summed E-state index contributed by atoms with van der Waals surface area (Å²) in [5.41, 5.74) is 1.70. The minimum absolute atomic E-state index is 0.160. The predicted octanol–water partition coefficient (Wildman–Crippen LogP) is 5.25. The van der Waals surface area contributed by atoms with Crippen LogP contribution in [0.3, 0.4) is 0 Å². The van der Waals surface area contributed by atoms with Gasteiger partial charge in [-0.3, -0.25) is 4.79 Å². The Kier molecular flexibility index (Phi) is 7.51. The quantitative estimate of drug-likeness (QED) is 0.371. The molecule has 3 N–H and O–H groups in total. The van der Waals surface area contributed by atoms with Crippen LogP contribution in [0, 0.1) is 25.6 Å². The van der Waals surface area contributed by atoms with Crippen molar-refractivity contribution < 1.29 is 28.9 Å². The van der Waals surface area contributed by atoms with E-state index in [9.17, 15) is 19.1 Å². The number of nitrogens with one attached hydrogen (secondary N) is 1. The van der Waals surface area contributed by atoms with Gasteiger partial charge in [-0.1, -0.05) is 6.07 Å². The molecule has 0 radical (unpaired) electrons. The van der Waals surface area contributed by atoms with Gasteiger partial charge in [-0.15, -0.1) is 0 Å². The highest BCUT2D eigenvalue weighted by Gasteiger charge is 2.32. The van der Waals surface area contributed by atoms with E-state index in [0.717, 1.165) is 0 Å². The van der Waals surface area contributed by atoms with Crippen LogP contribution in [0.5, 0.6) is 17.2 Å². The maximum absolute atomic E-state index is 13.9. The summed E-state index contributed by atoms with van der Waals surface area (Å²) in [6.07, 6.45) is 1.73. The first-order chi connectivity index (χ1) is 17.8. The number of aliphatic hydroxyl groups is 1. The minimum Gasteiger partial charge on any atom is -0.489 e. The number of hydrogen-bond donors (Lipinski definition) is 3. The molecule has 2 aromatic carbocycles. The van der Waals surface area contributed by atoms with Crippen molar-refractivity contribution in [3.05, 3.63) is 75.5 Å². The fraction of sp³-hybridized carbons (Fsp3) is 0.379. The first kappa shape index (κ1) is 27.2. The number of halogens is 1. The van der Waals surface area contributed by atoms with Crippen molar-refractivity contribution in [2.24, 2.45) is 13.0 Å². The average Bonchev–Trinajstić information content (AvgIpc) is 2.79. The monoisotopic (exact) mass is 524 g/mol. The van der Waals surface area contributed by atoms with Crippen LogP contribution in [0.15, 0.2) is 47.4 Å². The molecule has 1 aromatic heterocycles. The molecule has 38 heavy (non-hydrogen) atoms. The maximum Gasteiger partial charge on any atom is 0.404 e. The summed E-state index contributed by atoms with van der Waals surface area (Å²) in [5.74, 6) is 1.15. The molecule has 202 valence electrons. The Hall–Kier alpha value is -3.85. The van der Waals surface area contributed by atoms with Crippen LogP contribution in [0.1, 0.15) is 43.4 Å². The van der Waals surface area contributed by atoms with Gasteiger partial charge in [0.25, 0.3) is 5.56 Å². The van der Waals surface area contributed by atoms with Crippen LogP contribution >= 0.6 is 0 Å². The summed E-state index contributed by atoms with van der Waals surface area (Å²) in [7, 11) is 1.64. The van der Waals surface area contributed by atoms with E-state index >= 15 is 0 Å². The fourth-order valence-corrected chi connectivity index (χ4v) is 4.64. The normalized spacial score (nSPS) is 17.0. The second-order valence-corrected chi connectivity index (χ2v) is 10.5. The molecule has 1 heterocycles. The Balaban J connectivity index is 1.75. The van der Waals surface area contributed by atoms with Crippen molar-refractivity contribution in [2.45, 2.75) is 52.2 Å². The fourth-order valence-electron chi connectivity index (χ4n) is 4.64. The summed E-state index contributed by atoms with van der Waals surface area (Å²) < 4.78 is 27.9. The Bertz CT molecular complexity index is 1400. The van der Waals surface area contributed by atoms with E-state index in [-0.39, 0.29) is 23.4 Å². The smallest absolute Gasteiger partial charge is 0.404 e. The lowest BCUT2D eigenvalue weighted by Crippen LogP contribution is -2.41. The molecule has 3 aromatic rings. The number of nitrogens with zero attached hydrogens (tertiary/aromatic N) is 1. The van der Waals surface area contributed by atoms with Crippen LogP contribution in [-0.2, 0) is 12.6 Å². The van der Waals surface area contributed by atoms with Crippen molar-refractivity contribution in [3.8, 4) is 28.4 Å². The minimum atomic E-state index is -1.14. The molecule has 4 rings (SSSR count). The summed E-state index contributed by atoms with van der Waals surface area (Å²) in [4.78, 5) is 23.4. The van der Waals surface area contributed by atoms with Crippen molar-refractivity contribution in [3.63, 3.8) is 0 Å². The molecule has 1 amide bonds. The van der Waals surface area contributed by atoms with Gasteiger partial charge < -0.3 is 29.6 Å². The standard InChI is InChI=1S/C29H33FN2O6/c1-16-8-20(30)9-17(2)27(16)38-24-7-6-19(29(3,4)36)12-22(24)23-15-32(5)26(33)13-25(23)37-21-10-18(11-21)14-31-28(34)35/h6-9,12-13,15,18,21,31,36H,10-11,14H2,1-5H3,(H,34,35)/t18-,21+. The van der Waals surface area contributed by atoms with Crippen molar-refractivity contribution >= 4 is 6.09 Å². The van der Waals surface area contributed by atoms with E-state index in [2.05, 4.69) is 5.32 Å². The van der Waals surface area contributed by atoms with Gasteiger partial charge in [0.2, 0.25) is 0 Å². The number of aromatic nitrogens is 1. The third-order valence-electron chi connectivity index (χ3n) is 6.83. The van der Waals surface area contributed by atoms with E-state index in [1.165, 1.54) is 22.8 Å². The van der Waals surface area contributed by atoms with Gasteiger partial charge in [0.05, 0.1) is 11.7 Å². The largest absolute Gasteiger partial charge is 0.489 e. The number of benzene rings is 2. The van der Waals surface area contributed by atoms with Gasteiger partial charge in [0.1, 0.15) is 23.1 Å². The summed E-state index contributed by atoms with van der Waals surface area (Å²) in [6.45, 7) is 7.24. The Morgan fingerprint density at radius 3 is 2.37 bits per heavy atom. The van der Waals surface area contributed by atoms with Gasteiger partial charge in [0.15, 0.2) is 0 Å². The van der Waals surface area contributed by atoms with Crippen LogP contribution in [0.2, 0.25) is 0 Å². The zero-order valence-electron chi connectivity index (χ0n) is 22.2. The average molecular weight is 525 g/mol. The molecule has 0 aliphatic heterocycles. The second-order valence-electron chi connectivity index (χ2n) is 10.5. The molecule has 1 aliphatic carbocycles. The zero-order valence-corrected chi connectivity index (χ0v) is 22.2. The van der Waals surface area contributed by atoms with Gasteiger partial charge in [0, 0.05) is 37.0 Å². The number of ether oxygens (including phenoxy) is 2. The van der Waals surface area contributed by atoms with E-state index in [0.29, 0.717) is 64.5 Å². The molecule has 1 saturated carbocycles. The first-order valence-corrected chi connectivity index (χ1v) is 12.5. The highest BCUT2D eigenvalue weighted by atomic mass is 19.1. The zero-order chi connectivity index (χ0) is 27.8. The second kappa shape index (κ2) is 10.5. The Labute approximate surface area is 220 Å². The predicted molar refractivity (Wildman–Crippen MR) is 141 cm³/mol. The summed E-state index contributed by atoms with van der Waals surface area (Å²) in [6, 6.07) is 9.54. The molecule has 8 nitrogen and oxygen atoms in total. The number of aryl methyl sites for hydroxylation is 3. The van der Waals surface area contributed by atoms with Crippen molar-refractivity contribution in [1.82, 2.24) is 9.88 Å². The highest BCUT2D eigenvalue weighted by Crippen LogP contribution is 2.43. The molecule has 0 unspecified atom stereocenters. The highest BCUT2D eigenvalue weighted by molar-refractivity contribution is 5.76. The van der Waals surface area contributed by atoms with E-state index in [4.69, 9.17) is 14.6 Å². The lowest BCUT2D eigenvalue weighted by Gasteiger charge is -2.35. The van der Waals surface area contributed by atoms with E-state index < -0.39 is 11.7 Å². The molecule has 0 spiro atoms. The molecule has 1 fully saturated rings. The van der Waals surface area contributed by atoms with Crippen LogP contribution in [0.4, 0.5) is 9.18 Å². The van der Waals surface area contributed by atoms with Crippen molar-refractivity contribution in [1.29, 1.82) is 0 Å². The topological polar surface area (TPSA) is 110 Å². The van der Waals surface area contributed by atoms with Crippen molar-refractivity contribution in [2.75, 3.05) is 6.54 Å². The van der Waals surface area contributed by atoms with Gasteiger partial charge >= 0.3 is 6.09 Å². The van der Waals surface area contributed by atoms with Gasteiger partial charge in [-0.25, -0.2) is 9.18 Å². The molecule has 1 aliphatic rings. The lowest BCUT2D eigenvalue weighted by atomic mass is 9.82. The van der Waals surface area contributed by atoms with E-state index in [1.54, 1.807) is 59.1 Å². The van der Waals surface area contributed by atoms with E-state index in [1.807, 2.05) is 0 Å². The SMILES string of the molecule is Cc1cc(F)cc(C)c1Oc1ccc(C(C)(C)O)cc1-c1cn(C)c(=O)cc1O[C@H]1C[C@@H](CNC(=O)O)C1. The van der Waals surface area contributed by atoms with Crippen LogP contribution < -0.4 is 20.3 Å². The summed E-state index contributed by atoms with van der Waals surface area (Å²) in [5, 5.41) is 21.9. The molecule has 0 saturated heterocycles. The molecule has 0 bridgehead atoms. The number of amides is 1. The third kappa shape index (κ3) is 5.99. The summed E-state index contributed by atoms with van der Waals surface area (Å²) >= 11 is 0. The van der Waals surface area contributed by atoms with Gasteiger partial charge in [-0.2, -0.15) is 0 Å². The first-order valence-electron chi connectivity index (χ1n) is 12.5. The third-order valence-corrected chi connectivity index (χ3v) is 6.83. The maximum atomic E-state index is 13.9. The number of carboxylic acid groups (broad SMARTS) is 1. The molecular weight excluding hydrogens is 491 g/mol. The Morgan fingerprint density at radius 1 is 1.11 bits per heavy atom.